The van der Waals surface area contributed by atoms with E-state index in [0.717, 1.165) is 0 Å². The molecule has 0 heterocycles. The van der Waals surface area contributed by atoms with Crippen LogP contribution in [-0.2, 0) is 29.8 Å². The number of rotatable bonds is 7. The maximum atomic E-state index is 10.6. The summed E-state index contributed by atoms with van der Waals surface area (Å²) in [5.74, 6) is -3.92. The van der Waals surface area contributed by atoms with Gasteiger partial charge in [0.05, 0.1) is 0 Å². The molecule has 106 valence electrons. The first kappa shape index (κ1) is 16.8. The highest BCUT2D eigenvalue weighted by molar-refractivity contribution is 7.87. The summed E-state index contributed by atoms with van der Waals surface area (Å²) in [4.78, 5) is 21.0. The number of carboxylic acids is 2. The zero-order chi connectivity index (χ0) is 14.7. The molecular weight excluding hydrogens is 296 g/mol. The zero-order valence-electron chi connectivity index (χ0n) is 8.62. The van der Waals surface area contributed by atoms with Crippen LogP contribution >= 0.6 is 0 Å². The van der Waals surface area contributed by atoms with Crippen LogP contribution in [0.25, 0.3) is 0 Å². The van der Waals surface area contributed by atoms with Crippen molar-refractivity contribution in [2.75, 3.05) is 0 Å². The summed E-state index contributed by atoms with van der Waals surface area (Å²) in [6.07, 6.45) is -1.96. The first-order valence-corrected chi connectivity index (χ1v) is 7.26. The molecule has 2 unspecified atom stereocenters. The maximum Gasteiger partial charge on any atom is 0.324 e. The molecule has 0 rings (SSSR count). The lowest BCUT2D eigenvalue weighted by Crippen LogP contribution is -2.35. The molecule has 4 N–H and O–H groups in total. The fourth-order valence-electron chi connectivity index (χ4n) is 1.10. The lowest BCUT2D eigenvalue weighted by atomic mass is 10.2. The summed E-state index contributed by atoms with van der Waals surface area (Å²) in [6, 6.07) is 0. The third kappa shape index (κ3) is 4.95. The van der Waals surface area contributed by atoms with E-state index in [0.29, 0.717) is 0 Å². The lowest BCUT2D eigenvalue weighted by Gasteiger charge is -2.12. The van der Waals surface area contributed by atoms with Gasteiger partial charge in [0.15, 0.2) is 10.5 Å². The predicted octanol–water partition coefficient (Wildman–Crippen LogP) is -1.55. The van der Waals surface area contributed by atoms with Crippen molar-refractivity contribution >= 4 is 32.2 Å². The highest BCUT2D eigenvalue weighted by Gasteiger charge is 2.36. The molecule has 0 aliphatic rings. The minimum atomic E-state index is -5.00. The third-order valence-electron chi connectivity index (χ3n) is 1.96. The van der Waals surface area contributed by atoms with E-state index >= 15 is 0 Å². The van der Waals surface area contributed by atoms with E-state index in [1.54, 1.807) is 0 Å². The molecule has 0 spiro atoms. The van der Waals surface area contributed by atoms with Crippen LogP contribution in [-0.4, -0.2) is 58.6 Å². The van der Waals surface area contributed by atoms with Crippen LogP contribution in [0.2, 0.25) is 0 Å². The SMILES string of the molecule is O=C(O)C(CCC(C(=O)O)S(=O)(=O)O)S(=O)(=O)O. The minimum Gasteiger partial charge on any atom is -0.480 e. The van der Waals surface area contributed by atoms with Crippen LogP contribution in [0.3, 0.4) is 0 Å². The highest BCUT2D eigenvalue weighted by atomic mass is 32.2. The average Bonchev–Trinajstić information content (AvgIpc) is 2.05. The smallest absolute Gasteiger partial charge is 0.324 e. The molecule has 0 aromatic heterocycles. The van der Waals surface area contributed by atoms with Crippen LogP contribution < -0.4 is 0 Å². The van der Waals surface area contributed by atoms with Gasteiger partial charge < -0.3 is 10.2 Å². The topological polar surface area (TPSA) is 183 Å². The lowest BCUT2D eigenvalue weighted by molar-refractivity contribution is -0.139. The Morgan fingerprint density at radius 1 is 0.778 bits per heavy atom. The van der Waals surface area contributed by atoms with Gasteiger partial charge in [-0.2, -0.15) is 16.8 Å². The molecule has 0 aliphatic carbocycles. The number of hydrogen-bond acceptors (Lipinski definition) is 6. The van der Waals surface area contributed by atoms with E-state index in [-0.39, 0.29) is 0 Å². The molecule has 0 saturated carbocycles. The van der Waals surface area contributed by atoms with Crippen molar-refractivity contribution in [2.45, 2.75) is 23.3 Å². The second-order valence-electron chi connectivity index (χ2n) is 3.26. The summed E-state index contributed by atoms with van der Waals surface area (Å²) >= 11 is 0. The van der Waals surface area contributed by atoms with Crippen molar-refractivity contribution < 1.29 is 45.7 Å². The molecule has 18 heavy (non-hydrogen) atoms. The Balaban J connectivity index is 5.02. The minimum absolute atomic E-state index is 0.981. The molecule has 2 atom stereocenters. The maximum absolute atomic E-state index is 10.6. The van der Waals surface area contributed by atoms with Gasteiger partial charge in [0.1, 0.15) is 0 Å². The number of carbonyl (C=O) groups is 2. The Morgan fingerprint density at radius 2 is 1.00 bits per heavy atom. The Morgan fingerprint density at radius 3 is 1.11 bits per heavy atom. The Labute approximate surface area is 102 Å². The van der Waals surface area contributed by atoms with Crippen molar-refractivity contribution in [3.8, 4) is 0 Å². The first-order valence-electron chi connectivity index (χ1n) is 4.25. The van der Waals surface area contributed by atoms with Crippen molar-refractivity contribution in [2.24, 2.45) is 0 Å². The largest absolute Gasteiger partial charge is 0.480 e. The summed E-state index contributed by atoms with van der Waals surface area (Å²) in [6.45, 7) is 0. The molecule has 0 aliphatic heterocycles. The summed E-state index contributed by atoms with van der Waals surface area (Å²) in [5.41, 5.74) is 0. The fraction of sp³-hybridized carbons (Fsp3) is 0.667. The normalized spacial score (nSPS) is 15.9. The first-order chi connectivity index (χ1) is 7.87. The van der Waals surface area contributed by atoms with Crippen LogP contribution in [0.5, 0.6) is 0 Å². The molecule has 0 radical (unpaired) electrons. The van der Waals surface area contributed by atoms with Gasteiger partial charge in [-0.05, 0) is 12.8 Å². The van der Waals surface area contributed by atoms with Crippen LogP contribution in [0, 0.1) is 0 Å². The fourth-order valence-corrected chi connectivity index (χ4v) is 2.48. The molecule has 0 aromatic carbocycles. The second-order valence-corrected chi connectivity index (χ2v) is 6.46. The van der Waals surface area contributed by atoms with Crippen molar-refractivity contribution in [3.63, 3.8) is 0 Å². The van der Waals surface area contributed by atoms with E-state index in [1.807, 2.05) is 0 Å². The molecule has 0 aromatic rings. The van der Waals surface area contributed by atoms with E-state index in [9.17, 15) is 26.4 Å². The van der Waals surface area contributed by atoms with E-state index in [1.165, 1.54) is 0 Å². The van der Waals surface area contributed by atoms with Crippen molar-refractivity contribution in [1.82, 2.24) is 0 Å². The third-order valence-corrected chi connectivity index (χ3v) is 4.27. The molecule has 12 heteroatoms. The second kappa shape index (κ2) is 5.60. The van der Waals surface area contributed by atoms with Crippen molar-refractivity contribution in [3.05, 3.63) is 0 Å². The van der Waals surface area contributed by atoms with Gasteiger partial charge in [-0.25, -0.2) is 0 Å². The van der Waals surface area contributed by atoms with Gasteiger partial charge in [-0.15, -0.1) is 0 Å². The number of hydrogen-bond donors (Lipinski definition) is 4. The molecule has 0 saturated heterocycles. The Hall–Kier alpha value is -1.24. The van der Waals surface area contributed by atoms with Crippen LogP contribution in [0.15, 0.2) is 0 Å². The summed E-state index contributed by atoms with van der Waals surface area (Å²) in [7, 11) is -10.00. The van der Waals surface area contributed by atoms with E-state index in [4.69, 9.17) is 19.3 Å². The molecule has 0 bridgehead atoms. The van der Waals surface area contributed by atoms with Gasteiger partial charge in [0.25, 0.3) is 20.2 Å². The summed E-state index contributed by atoms with van der Waals surface area (Å²) in [5, 5.41) is 12.2. The van der Waals surface area contributed by atoms with Crippen LogP contribution in [0.4, 0.5) is 0 Å². The zero-order valence-corrected chi connectivity index (χ0v) is 10.3. The van der Waals surface area contributed by atoms with E-state index < -0.39 is 55.5 Å². The molecule has 0 fully saturated rings. The standard InChI is InChI=1S/C6H10O10S2/c7-5(8)3(17(11,12)13)1-2-4(6(9)10)18(14,15)16/h3-4H,1-2H2,(H,7,8)(H,9,10)(H,11,12,13)(H,14,15,16). The van der Waals surface area contributed by atoms with Crippen LogP contribution in [0.1, 0.15) is 12.8 Å². The van der Waals surface area contributed by atoms with E-state index in [2.05, 4.69) is 0 Å². The monoisotopic (exact) mass is 306 g/mol. The van der Waals surface area contributed by atoms with Gasteiger partial charge >= 0.3 is 11.9 Å². The van der Waals surface area contributed by atoms with Crippen molar-refractivity contribution in [1.29, 1.82) is 0 Å². The average molecular weight is 306 g/mol. The molecular formula is C6H10O10S2. The predicted molar refractivity (Wildman–Crippen MR) is 55.2 cm³/mol. The Bertz CT molecular complexity index is 479. The number of aliphatic carboxylic acids is 2. The van der Waals surface area contributed by atoms with Gasteiger partial charge in [0.2, 0.25) is 0 Å². The van der Waals surface area contributed by atoms with Gasteiger partial charge in [0, 0.05) is 0 Å². The van der Waals surface area contributed by atoms with Gasteiger partial charge in [-0.1, -0.05) is 0 Å². The van der Waals surface area contributed by atoms with Gasteiger partial charge in [-0.3, -0.25) is 18.7 Å². The number of carboxylic acid groups (broad SMARTS) is 2. The highest BCUT2D eigenvalue weighted by Crippen LogP contribution is 2.14. The summed E-state index contributed by atoms with van der Waals surface area (Å²) < 4.78 is 59.5. The quantitative estimate of drug-likeness (QED) is 0.401. The Kier molecular flexibility index (Phi) is 5.21. The molecule has 10 nitrogen and oxygen atoms in total. The molecule has 0 amide bonds.